The van der Waals surface area contributed by atoms with Gasteiger partial charge in [0.15, 0.2) is 0 Å². The Morgan fingerprint density at radius 1 is 1.26 bits per heavy atom. The summed E-state index contributed by atoms with van der Waals surface area (Å²) in [5, 5.41) is 11.5. The van der Waals surface area contributed by atoms with Gasteiger partial charge in [0.05, 0.1) is 12.5 Å². The molecular formula is C17H20NO4P. The minimum absolute atomic E-state index is 0.100. The van der Waals surface area contributed by atoms with Gasteiger partial charge in [0, 0.05) is 6.04 Å². The number of hydrogen-bond donors (Lipinski definition) is 2. The number of rotatable bonds is 8. The molecule has 0 aromatic heterocycles. The van der Waals surface area contributed by atoms with Gasteiger partial charge in [0.2, 0.25) is 0 Å². The van der Waals surface area contributed by atoms with E-state index in [2.05, 4.69) is 6.07 Å². The van der Waals surface area contributed by atoms with E-state index in [1.54, 1.807) is 0 Å². The van der Waals surface area contributed by atoms with E-state index in [4.69, 9.17) is 10.3 Å². The Bertz CT molecular complexity index is 689. The lowest BCUT2D eigenvalue weighted by molar-refractivity contribution is -0.143. The second kappa shape index (κ2) is 8.16. The van der Waals surface area contributed by atoms with Crippen LogP contribution >= 0.6 is 8.69 Å². The molecule has 0 spiro atoms. The Hall–Kier alpha value is -1.81. The van der Waals surface area contributed by atoms with Gasteiger partial charge >= 0.3 is 14.7 Å². The molecule has 0 heterocycles. The summed E-state index contributed by atoms with van der Waals surface area (Å²) in [4.78, 5) is 11.4. The first kappa shape index (κ1) is 17.5. The Morgan fingerprint density at radius 3 is 2.57 bits per heavy atom. The van der Waals surface area contributed by atoms with Gasteiger partial charge in [-0.1, -0.05) is 42.5 Å². The van der Waals surface area contributed by atoms with Crippen molar-refractivity contribution in [1.29, 1.82) is 0 Å². The summed E-state index contributed by atoms with van der Waals surface area (Å²) < 4.78 is 15.2. The molecule has 0 radical (unpaired) electrons. The van der Waals surface area contributed by atoms with Crippen molar-refractivity contribution >= 4 is 25.4 Å². The Balaban J connectivity index is 2.28. The van der Waals surface area contributed by atoms with E-state index in [1.807, 2.05) is 43.3 Å². The van der Waals surface area contributed by atoms with E-state index in [0.717, 1.165) is 16.3 Å². The molecule has 5 nitrogen and oxygen atoms in total. The highest BCUT2D eigenvalue weighted by atomic mass is 31.1. The smallest absolute Gasteiger partial charge is 0.327 e. The zero-order valence-corrected chi connectivity index (χ0v) is 13.8. The maximum Gasteiger partial charge on any atom is 0.327 e. The number of nitrogens with two attached hydrogens (primary N) is 1. The van der Waals surface area contributed by atoms with E-state index in [9.17, 15) is 14.5 Å². The molecule has 0 aliphatic carbocycles. The monoisotopic (exact) mass is 333 g/mol. The van der Waals surface area contributed by atoms with E-state index in [1.165, 1.54) is 0 Å². The average Bonchev–Trinajstić information content (AvgIpc) is 2.54. The Morgan fingerprint density at radius 2 is 1.96 bits per heavy atom. The lowest BCUT2D eigenvalue weighted by atomic mass is 9.84. The van der Waals surface area contributed by atoms with E-state index < -0.39 is 20.6 Å². The van der Waals surface area contributed by atoms with Crippen molar-refractivity contribution in [3.8, 4) is 0 Å². The minimum Gasteiger partial charge on any atom is -0.481 e. The summed E-state index contributed by atoms with van der Waals surface area (Å²) in [6.07, 6.45) is 0.334. The van der Waals surface area contributed by atoms with Crippen molar-refractivity contribution in [3.63, 3.8) is 0 Å². The number of benzene rings is 2. The minimum atomic E-state index is -0.972. The fourth-order valence-electron chi connectivity index (χ4n) is 2.76. The molecule has 2 rings (SSSR count). The molecule has 0 saturated heterocycles. The maximum atomic E-state index is 11.4. The molecule has 0 aliphatic heterocycles. The van der Waals surface area contributed by atoms with Gasteiger partial charge in [-0.05, 0) is 35.6 Å². The SMILES string of the molecule is CC(N)C(CC(COP=O)C(=O)O)c1ccc2ccccc2c1. The second-order valence-electron chi connectivity index (χ2n) is 5.71. The molecular weight excluding hydrogens is 313 g/mol. The topological polar surface area (TPSA) is 89.6 Å². The highest BCUT2D eigenvalue weighted by molar-refractivity contribution is 7.17. The van der Waals surface area contributed by atoms with Gasteiger partial charge < -0.3 is 10.8 Å². The van der Waals surface area contributed by atoms with Crippen LogP contribution in [-0.4, -0.2) is 23.7 Å². The quantitative estimate of drug-likeness (QED) is 0.721. The van der Waals surface area contributed by atoms with Gasteiger partial charge in [-0.3, -0.25) is 9.32 Å². The molecule has 3 atom stereocenters. The maximum absolute atomic E-state index is 11.4. The van der Waals surface area contributed by atoms with Gasteiger partial charge in [-0.2, -0.15) is 0 Å². The Kier molecular flexibility index (Phi) is 6.22. The first-order chi connectivity index (χ1) is 11.0. The van der Waals surface area contributed by atoms with Crippen molar-refractivity contribution in [2.75, 3.05) is 6.61 Å². The molecule has 6 heteroatoms. The molecule has 0 aliphatic rings. The van der Waals surface area contributed by atoms with Crippen molar-refractivity contribution in [2.45, 2.75) is 25.3 Å². The van der Waals surface area contributed by atoms with Crippen molar-refractivity contribution < 1.29 is 19.0 Å². The molecule has 3 N–H and O–H groups in total. The molecule has 2 aromatic carbocycles. The predicted molar refractivity (Wildman–Crippen MR) is 89.6 cm³/mol. The summed E-state index contributed by atoms with van der Waals surface area (Å²) >= 11 is 0. The number of carboxylic acids is 1. The Labute approximate surface area is 136 Å². The third-order valence-electron chi connectivity index (χ3n) is 4.05. The highest BCUT2D eigenvalue weighted by Gasteiger charge is 2.26. The largest absolute Gasteiger partial charge is 0.481 e. The number of aliphatic carboxylic acids is 1. The molecule has 122 valence electrons. The van der Waals surface area contributed by atoms with E-state index >= 15 is 0 Å². The van der Waals surface area contributed by atoms with Crippen LogP contribution in [0.5, 0.6) is 0 Å². The molecule has 3 unspecified atom stereocenters. The first-order valence-corrected chi connectivity index (χ1v) is 8.17. The predicted octanol–water partition coefficient (Wildman–Crippen LogP) is 3.58. The highest BCUT2D eigenvalue weighted by Crippen LogP contribution is 2.30. The van der Waals surface area contributed by atoms with Crippen LogP contribution in [-0.2, 0) is 13.9 Å². The number of carbonyl (C=O) groups is 1. The normalized spacial score (nSPS) is 15.4. The molecule has 0 amide bonds. The third-order valence-corrected chi connectivity index (χ3v) is 4.31. The summed E-state index contributed by atoms with van der Waals surface area (Å²) in [6, 6.07) is 13.8. The first-order valence-electron chi connectivity index (χ1n) is 7.44. The van der Waals surface area contributed by atoms with E-state index in [0.29, 0.717) is 6.42 Å². The summed E-state index contributed by atoms with van der Waals surface area (Å²) in [5.74, 6) is -1.84. The lowest BCUT2D eigenvalue weighted by Crippen LogP contribution is -2.30. The average molecular weight is 333 g/mol. The van der Waals surface area contributed by atoms with Crippen LogP contribution in [0.25, 0.3) is 10.8 Å². The molecule has 0 saturated carbocycles. The van der Waals surface area contributed by atoms with Crippen LogP contribution < -0.4 is 5.73 Å². The zero-order chi connectivity index (χ0) is 16.8. The van der Waals surface area contributed by atoms with Crippen LogP contribution in [0.1, 0.15) is 24.8 Å². The van der Waals surface area contributed by atoms with E-state index in [-0.39, 0.29) is 18.6 Å². The van der Waals surface area contributed by atoms with Crippen LogP contribution in [0.3, 0.4) is 0 Å². The molecule has 2 aromatic rings. The molecule has 0 bridgehead atoms. The van der Waals surface area contributed by atoms with Crippen LogP contribution in [0.4, 0.5) is 0 Å². The van der Waals surface area contributed by atoms with Gasteiger partial charge in [0.1, 0.15) is 0 Å². The third kappa shape index (κ3) is 4.58. The van der Waals surface area contributed by atoms with Gasteiger partial charge in [-0.25, -0.2) is 4.57 Å². The summed E-state index contributed by atoms with van der Waals surface area (Å²) in [7, 11) is -0.510. The standard InChI is InChI=1S/C17H20NO4P/c1-11(18)16(9-15(17(19)20)10-22-23-21)14-7-6-12-4-2-3-5-13(12)8-14/h2-8,11,15-16H,9-10,18H2,1H3,(H,19,20). The van der Waals surface area contributed by atoms with Crippen molar-refractivity contribution in [2.24, 2.45) is 11.7 Å². The number of carboxylic acid groups (broad SMARTS) is 1. The zero-order valence-electron chi connectivity index (χ0n) is 12.9. The number of fused-ring (bicyclic) bond motifs is 1. The lowest BCUT2D eigenvalue weighted by Gasteiger charge is -2.24. The fraction of sp³-hybridized carbons (Fsp3) is 0.353. The van der Waals surface area contributed by atoms with Gasteiger partial charge in [-0.15, -0.1) is 0 Å². The molecule has 23 heavy (non-hydrogen) atoms. The summed E-state index contributed by atoms with van der Waals surface area (Å²) in [5.41, 5.74) is 7.10. The van der Waals surface area contributed by atoms with Crippen molar-refractivity contribution in [3.05, 3.63) is 48.0 Å². The van der Waals surface area contributed by atoms with Gasteiger partial charge in [0.25, 0.3) is 0 Å². The summed E-state index contributed by atoms with van der Waals surface area (Å²) in [6.45, 7) is 1.77. The second-order valence-corrected chi connectivity index (χ2v) is 6.12. The van der Waals surface area contributed by atoms with Crippen LogP contribution in [0.2, 0.25) is 0 Å². The van der Waals surface area contributed by atoms with Crippen LogP contribution in [0, 0.1) is 5.92 Å². The number of hydrogen-bond acceptors (Lipinski definition) is 4. The van der Waals surface area contributed by atoms with Crippen LogP contribution in [0.15, 0.2) is 42.5 Å². The van der Waals surface area contributed by atoms with Crippen molar-refractivity contribution in [1.82, 2.24) is 0 Å². The molecule has 0 fully saturated rings. The fourth-order valence-corrected chi connectivity index (χ4v) is 3.00.